The molecule has 310 valence electrons. The third-order valence-electron chi connectivity index (χ3n) is 5.68. The molecule has 1 amide bonds. The summed E-state index contributed by atoms with van der Waals surface area (Å²) in [7, 11) is 1.72. The van der Waals surface area contributed by atoms with Crippen molar-refractivity contribution < 1.29 is 53.6 Å². The number of nitrogens with one attached hydrogen (secondary N) is 7. The highest BCUT2D eigenvalue weighted by atomic mass is 32.2. The molecule has 27 nitrogen and oxygen atoms in total. The maximum Gasteiger partial charge on any atom is 0.419 e. The first-order valence-electron chi connectivity index (χ1n) is 14.8. The normalized spacial score (nSPS) is 16.3. The molecule has 0 radical (unpaired) electrons. The second-order valence-electron chi connectivity index (χ2n) is 10.3. The van der Waals surface area contributed by atoms with Gasteiger partial charge >= 0.3 is 38.1 Å². The van der Waals surface area contributed by atoms with Crippen molar-refractivity contribution in [2.45, 2.75) is 46.9 Å². The highest BCUT2D eigenvalue weighted by Crippen LogP contribution is 2.17. The van der Waals surface area contributed by atoms with Gasteiger partial charge in [-0.1, -0.05) is 21.6 Å². The number of hydrogen-bond acceptors (Lipinski definition) is 20. The van der Waals surface area contributed by atoms with Crippen LogP contribution in [0.1, 0.15) is 30.2 Å². The van der Waals surface area contributed by atoms with Crippen LogP contribution in [0, 0.1) is 20.8 Å². The van der Waals surface area contributed by atoms with Gasteiger partial charge in [-0.3, -0.25) is 39.0 Å². The molecule has 2 aliphatic heterocycles. The number of ether oxygens (including phenoxy) is 1. The second kappa shape index (κ2) is 21.9. The number of amides is 1. The smallest absolute Gasteiger partial charge is 0.419 e. The van der Waals surface area contributed by atoms with E-state index in [0.29, 0.717) is 10.6 Å². The average Bonchev–Trinajstić information content (AvgIpc) is 3.94. The largest absolute Gasteiger partial charge is 0.505 e. The van der Waals surface area contributed by atoms with E-state index >= 15 is 0 Å². The number of aliphatic hydroxyl groups excluding tert-OH is 2. The Balaban J connectivity index is 0.000000327. The van der Waals surface area contributed by atoms with Crippen molar-refractivity contribution in [2.24, 2.45) is 14.1 Å². The predicted octanol–water partition coefficient (Wildman–Crippen LogP) is -1.63. The SMILES string of the molecule is CC1NC(=O)S(=O)N1.CC1OC(=O)C(O)=C1O.Cc1[nH]c(=O)[nH]c1O.Cc1oc(=O)[nH]c1O.Cc1sc(=O)[nH]c1O.Cn1cc(O)nn1.Cn1sc(=O)[nH]c1=O. The minimum Gasteiger partial charge on any atom is -0.505 e. The molecule has 0 aliphatic carbocycles. The molecule has 3 unspecified atom stereocenters. The Hall–Kier alpha value is -6.66. The molecule has 7 rings (SSSR count). The summed E-state index contributed by atoms with van der Waals surface area (Å²) in [6, 6.07) is 0. The Labute approximate surface area is 321 Å². The number of aliphatic hydroxyl groups is 2. The van der Waals surface area contributed by atoms with Crippen molar-refractivity contribution in [1.29, 1.82) is 0 Å². The highest BCUT2D eigenvalue weighted by Gasteiger charge is 2.30. The number of aromatic hydroxyl groups is 4. The molecule has 2 aliphatic rings. The fourth-order valence-electron chi connectivity index (χ4n) is 2.99. The number of rotatable bonds is 0. The Kier molecular flexibility index (Phi) is 18.5. The monoisotopic (exact) mass is 855 g/mol. The molecule has 13 N–H and O–H groups in total. The van der Waals surface area contributed by atoms with E-state index in [4.69, 9.17) is 30.6 Å². The van der Waals surface area contributed by atoms with Crippen LogP contribution in [-0.2, 0) is 34.6 Å². The standard InChI is InChI=1S/C5H6O4.C4H6N2O2.C4H5NO3.C4H5NO2S.C3H5N3O.C3H4N2O2S.C3H6N2O2S/c1-2-3(6)4(7)5(8)9-2;1-2-3(7)6-4(8)5-2;2*1-2-3(6)5-4(7)8-2;1-6-2-3(7)4-5-6;1-5-2(6)4-3(7)8-5;1-2-4-3(6)8(7)5-2/h2,6-7H,1H3;7H,1H3,(H2,5,6,8);2*6H,1H3,(H,5,7);2,7H,1H3;1H3,(H,4,6,7);2,5H,1H3,(H,4,6). The zero-order valence-corrected chi connectivity index (χ0v) is 32.5. The number of carbonyl (C=O) groups excluding carboxylic acids is 2. The second-order valence-corrected chi connectivity index (χ2v) is 13.7. The van der Waals surface area contributed by atoms with Crippen LogP contribution >= 0.6 is 22.9 Å². The van der Waals surface area contributed by atoms with Gasteiger partial charge in [0.1, 0.15) is 0 Å². The topological polar surface area (TPSA) is 419 Å². The van der Waals surface area contributed by atoms with E-state index in [1.165, 1.54) is 35.7 Å². The fourth-order valence-corrected chi connectivity index (χ4v) is 4.84. The number of cyclic esters (lactones) is 1. The van der Waals surface area contributed by atoms with E-state index in [-0.39, 0.29) is 62.3 Å². The van der Waals surface area contributed by atoms with Gasteiger partial charge in [0.25, 0.3) is 5.88 Å². The van der Waals surface area contributed by atoms with Gasteiger partial charge in [0.15, 0.2) is 28.6 Å². The van der Waals surface area contributed by atoms with E-state index in [9.17, 15) is 37.8 Å². The third-order valence-corrected chi connectivity index (χ3v) is 8.20. The van der Waals surface area contributed by atoms with Gasteiger partial charge in [-0.15, -0.1) is 0 Å². The van der Waals surface area contributed by atoms with Crippen molar-refractivity contribution in [3.05, 3.63) is 84.9 Å². The van der Waals surface area contributed by atoms with E-state index < -0.39 is 39.8 Å². The van der Waals surface area contributed by atoms with Crippen LogP contribution in [0.2, 0.25) is 0 Å². The Morgan fingerprint density at radius 1 is 0.821 bits per heavy atom. The molecule has 5 aromatic rings. The molecule has 30 heteroatoms. The molecular weight excluding hydrogens is 819 g/mol. The number of oxazole rings is 1. The minimum absolute atomic E-state index is 0.0139. The fraction of sp³-hybridized carbons (Fsp3) is 0.346. The first kappa shape index (κ1) is 47.4. The van der Waals surface area contributed by atoms with Crippen LogP contribution in [0.4, 0.5) is 4.79 Å². The molecule has 1 saturated heterocycles. The van der Waals surface area contributed by atoms with E-state index in [2.05, 4.69) is 49.4 Å². The summed E-state index contributed by atoms with van der Waals surface area (Å²) in [5.74, 6) is -2.68. The van der Waals surface area contributed by atoms with Gasteiger partial charge in [0.2, 0.25) is 23.4 Å². The van der Waals surface area contributed by atoms with Crippen molar-refractivity contribution in [3.8, 4) is 23.5 Å². The van der Waals surface area contributed by atoms with Crippen LogP contribution in [0.5, 0.6) is 23.5 Å². The maximum atomic E-state index is 10.4. The molecule has 0 bridgehead atoms. The van der Waals surface area contributed by atoms with Gasteiger partial charge in [-0.2, -0.15) is 0 Å². The van der Waals surface area contributed by atoms with Gasteiger partial charge in [-0.25, -0.2) is 32.1 Å². The Morgan fingerprint density at radius 3 is 1.57 bits per heavy atom. The first-order valence-corrected chi connectivity index (χ1v) is 17.5. The number of hydrogen-bond donors (Lipinski definition) is 13. The molecule has 0 aromatic carbocycles. The van der Waals surface area contributed by atoms with Gasteiger partial charge in [0.05, 0.1) is 22.9 Å². The number of H-pyrrole nitrogens is 5. The van der Waals surface area contributed by atoms with Gasteiger partial charge in [0, 0.05) is 25.6 Å². The quantitative estimate of drug-likeness (QED) is 0.0778. The highest BCUT2D eigenvalue weighted by molar-refractivity contribution is 7.98. The minimum atomic E-state index is -1.50. The summed E-state index contributed by atoms with van der Waals surface area (Å²) in [4.78, 5) is 82.9. The molecule has 1 fully saturated rings. The molecular formula is C26H37N11O16S3. The average molecular weight is 856 g/mol. The van der Waals surface area contributed by atoms with Gasteiger partial charge in [-0.05, 0) is 34.6 Å². The number of carbonyl (C=O) groups is 2. The molecule has 7 heterocycles. The molecule has 5 aromatic heterocycles. The van der Waals surface area contributed by atoms with Crippen LogP contribution in [0.3, 0.4) is 0 Å². The van der Waals surface area contributed by atoms with Crippen molar-refractivity contribution in [3.63, 3.8) is 0 Å². The van der Waals surface area contributed by atoms with Gasteiger partial charge < -0.3 is 50.1 Å². The Morgan fingerprint density at radius 2 is 1.45 bits per heavy atom. The first-order chi connectivity index (χ1) is 25.9. The summed E-state index contributed by atoms with van der Waals surface area (Å²) in [6.07, 6.45) is 0.570. The van der Waals surface area contributed by atoms with Crippen LogP contribution in [-0.4, -0.2) is 102 Å². The maximum absolute atomic E-state index is 10.4. The lowest BCUT2D eigenvalue weighted by atomic mass is 10.3. The summed E-state index contributed by atoms with van der Waals surface area (Å²) in [6.45, 7) is 7.97. The lowest BCUT2D eigenvalue weighted by Gasteiger charge is -1.98. The van der Waals surface area contributed by atoms with E-state index in [1.807, 2.05) is 4.98 Å². The van der Waals surface area contributed by atoms with Crippen LogP contribution < -0.4 is 36.9 Å². The van der Waals surface area contributed by atoms with E-state index in [0.717, 1.165) is 22.9 Å². The molecule has 0 spiro atoms. The number of aryl methyl sites for hydroxylation is 5. The lowest BCUT2D eigenvalue weighted by Crippen LogP contribution is -2.27. The predicted molar refractivity (Wildman–Crippen MR) is 195 cm³/mol. The van der Waals surface area contributed by atoms with Crippen LogP contribution in [0.15, 0.2) is 46.1 Å². The number of aromatic amines is 5. The van der Waals surface area contributed by atoms with Crippen molar-refractivity contribution in [2.75, 3.05) is 0 Å². The lowest BCUT2D eigenvalue weighted by molar-refractivity contribution is -0.141. The summed E-state index contributed by atoms with van der Waals surface area (Å²) >= 11 is 1.87. The van der Waals surface area contributed by atoms with E-state index in [1.54, 1.807) is 27.8 Å². The van der Waals surface area contributed by atoms with Crippen LogP contribution in [0.25, 0.3) is 0 Å². The van der Waals surface area contributed by atoms with Crippen molar-refractivity contribution >= 4 is 45.1 Å². The number of thiazole rings is 1. The van der Waals surface area contributed by atoms with Crippen molar-refractivity contribution in [1.82, 2.24) is 53.9 Å². The molecule has 3 atom stereocenters. The zero-order chi connectivity index (χ0) is 43.0. The number of imidazole rings is 1. The Bertz CT molecular complexity index is 2180. The number of aromatic nitrogens is 9. The summed E-state index contributed by atoms with van der Waals surface area (Å²) in [5.41, 5.74) is -0.255. The summed E-state index contributed by atoms with van der Waals surface area (Å²) < 4.78 is 24.2. The number of nitrogens with zero attached hydrogens (tertiary/aromatic N) is 4. The molecule has 0 saturated carbocycles. The number of esters is 1. The third kappa shape index (κ3) is 16.6. The molecule has 56 heavy (non-hydrogen) atoms. The summed E-state index contributed by atoms with van der Waals surface area (Å²) in [5, 5.41) is 60.4. The zero-order valence-electron chi connectivity index (χ0n) is 30.0.